The Balaban J connectivity index is 2.04. The molecule has 0 spiro atoms. The maximum absolute atomic E-state index is 12.7. The summed E-state index contributed by atoms with van der Waals surface area (Å²) in [6.07, 6.45) is 2.34. The third-order valence-electron chi connectivity index (χ3n) is 5.55. The van der Waals surface area contributed by atoms with Crippen LogP contribution in [0.3, 0.4) is 0 Å². The van der Waals surface area contributed by atoms with Crippen LogP contribution in [0.4, 0.5) is 0 Å². The van der Waals surface area contributed by atoms with E-state index in [0.717, 1.165) is 4.90 Å². The van der Waals surface area contributed by atoms with Gasteiger partial charge in [-0.05, 0) is 23.3 Å². The molecule has 2 amide bonds. The van der Waals surface area contributed by atoms with Gasteiger partial charge in [-0.25, -0.2) is 33.7 Å². The lowest BCUT2D eigenvalue weighted by atomic mass is 10.1. The van der Waals surface area contributed by atoms with Crippen LogP contribution in [-0.2, 0) is 46.6 Å². The lowest BCUT2D eigenvalue weighted by Gasteiger charge is -2.31. The van der Waals surface area contributed by atoms with Crippen LogP contribution >= 0.6 is 0 Å². The smallest absolute Gasteiger partial charge is 0.261 e. The van der Waals surface area contributed by atoms with Crippen LogP contribution in [0.25, 0.3) is 0 Å². The fraction of sp³-hybridized carbons (Fsp3) is 0.333. The second kappa shape index (κ2) is 10.1. The zero-order valence-electron chi connectivity index (χ0n) is 20.7. The highest BCUT2D eigenvalue weighted by Crippen LogP contribution is 2.30. The predicted octanol–water partition coefficient (Wildman–Crippen LogP) is -0.0337. The Bertz CT molecular complexity index is 1620. The van der Waals surface area contributed by atoms with Gasteiger partial charge in [-0.2, -0.15) is 0 Å². The Kier molecular flexibility index (Phi) is 7.95. The van der Waals surface area contributed by atoms with Crippen LogP contribution in [0.1, 0.15) is 37.9 Å². The summed E-state index contributed by atoms with van der Waals surface area (Å²) in [6, 6.07) is 9.79. The van der Waals surface area contributed by atoms with Crippen molar-refractivity contribution in [3.63, 3.8) is 0 Å². The van der Waals surface area contributed by atoms with Crippen LogP contribution < -0.4 is 0 Å². The second-order valence-corrected chi connectivity index (χ2v) is 16.7. The molecule has 2 aromatic carbocycles. The highest BCUT2D eigenvalue weighted by molar-refractivity contribution is 8.04. The first-order valence-electron chi connectivity index (χ1n) is 10.6. The number of amides is 2. The molecule has 0 saturated heterocycles. The highest BCUT2D eigenvalue weighted by atomic mass is 32.3. The zero-order valence-corrected chi connectivity index (χ0v) is 23.9. The number of carbonyl (C=O) groups excluding carboxylic acids is 2. The van der Waals surface area contributed by atoms with Crippen molar-refractivity contribution >= 4 is 51.9 Å². The van der Waals surface area contributed by atoms with Crippen molar-refractivity contribution in [1.82, 2.24) is 12.3 Å². The summed E-state index contributed by atoms with van der Waals surface area (Å²) in [5.41, 5.74) is 0.847. The number of nitrogens with zero attached hydrogens (tertiary/aromatic N) is 3. The summed E-state index contributed by atoms with van der Waals surface area (Å²) in [5, 5.41) is 0. The largest absolute Gasteiger partial charge is 0.270 e. The summed E-state index contributed by atoms with van der Waals surface area (Å²) in [7, 11) is -18.0. The third-order valence-corrected chi connectivity index (χ3v) is 12.4. The fourth-order valence-electron chi connectivity index (χ4n) is 4.07. The number of hydrogen-bond donors (Lipinski definition) is 0. The van der Waals surface area contributed by atoms with E-state index in [-0.39, 0.29) is 30.7 Å². The molecule has 13 nitrogen and oxygen atoms in total. The number of fused-ring (bicyclic) bond motifs is 1. The van der Waals surface area contributed by atoms with E-state index in [1.807, 2.05) is 0 Å². The van der Waals surface area contributed by atoms with Gasteiger partial charge < -0.3 is 0 Å². The average molecular weight is 608 g/mol. The Labute approximate surface area is 221 Å². The minimum absolute atomic E-state index is 0.0146. The number of imide groups is 1. The molecule has 208 valence electrons. The molecule has 1 heterocycles. The molecular weight excluding hydrogens is 583 g/mol. The van der Waals surface area contributed by atoms with E-state index in [2.05, 4.69) is 0 Å². The molecule has 0 fully saturated rings. The van der Waals surface area contributed by atoms with Gasteiger partial charge >= 0.3 is 0 Å². The highest BCUT2D eigenvalue weighted by Gasteiger charge is 2.41. The molecule has 38 heavy (non-hydrogen) atoms. The number of hydrogen-bond acceptors (Lipinski definition) is 10. The molecule has 1 atom stereocenters. The van der Waals surface area contributed by atoms with E-state index in [1.165, 1.54) is 36.4 Å². The van der Waals surface area contributed by atoms with Crippen molar-refractivity contribution in [1.29, 1.82) is 0 Å². The maximum atomic E-state index is 12.7. The molecule has 0 saturated carbocycles. The molecule has 1 aliphatic heterocycles. The first kappa shape index (κ1) is 29.9. The number of rotatable bonds is 10. The molecule has 17 heteroatoms. The van der Waals surface area contributed by atoms with Gasteiger partial charge in [0.05, 0.1) is 55.3 Å². The van der Waals surface area contributed by atoms with Gasteiger partial charge in [0, 0.05) is 0 Å². The number of sulfonamides is 4. The van der Waals surface area contributed by atoms with Crippen LogP contribution in [0.15, 0.2) is 48.5 Å². The quantitative estimate of drug-likeness (QED) is 0.333. The monoisotopic (exact) mass is 607 g/mol. The SMILES string of the molecule is CS(=O)(=O)N(C[C@H](c1ccc(CN2C(=O)c3ccccc3C2=O)cc1)N(S(C)(=O)=O)S(C)(=O)=O)S(C)(=O)=O. The molecule has 0 bridgehead atoms. The molecule has 0 unspecified atom stereocenters. The first-order valence-corrected chi connectivity index (χ1v) is 18.0. The van der Waals surface area contributed by atoms with Crippen LogP contribution in [0.2, 0.25) is 0 Å². The van der Waals surface area contributed by atoms with Crippen molar-refractivity contribution in [3.05, 3.63) is 70.8 Å². The number of benzene rings is 2. The van der Waals surface area contributed by atoms with Crippen LogP contribution in [0, 0.1) is 0 Å². The topological polar surface area (TPSA) is 180 Å². The Hall–Kier alpha value is -2.70. The molecule has 0 radical (unpaired) electrons. The summed E-state index contributed by atoms with van der Waals surface area (Å²) < 4.78 is 99.0. The second-order valence-electron chi connectivity index (χ2n) is 8.73. The summed E-state index contributed by atoms with van der Waals surface area (Å²) >= 11 is 0. The predicted molar refractivity (Wildman–Crippen MR) is 138 cm³/mol. The normalized spacial score (nSPS) is 15.8. The summed E-state index contributed by atoms with van der Waals surface area (Å²) in [6.45, 7) is -1.21. The van der Waals surface area contributed by atoms with Gasteiger partial charge in [0.1, 0.15) is 0 Å². The molecule has 3 rings (SSSR count). The van der Waals surface area contributed by atoms with E-state index in [4.69, 9.17) is 0 Å². The van der Waals surface area contributed by atoms with Crippen molar-refractivity contribution in [2.24, 2.45) is 0 Å². The van der Waals surface area contributed by atoms with Gasteiger partial charge in [-0.3, -0.25) is 14.5 Å². The third kappa shape index (κ3) is 6.29. The van der Waals surface area contributed by atoms with E-state index in [0.29, 0.717) is 30.6 Å². The van der Waals surface area contributed by atoms with E-state index < -0.39 is 64.5 Å². The fourth-order valence-corrected chi connectivity index (χ4v) is 10.1. The van der Waals surface area contributed by atoms with E-state index in [1.54, 1.807) is 12.1 Å². The van der Waals surface area contributed by atoms with Crippen LogP contribution in [-0.4, -0.2) is 89.4 Å². The van der Waals surface area contributed by atoms with Crippen molar-refractivity contribution < 1.29 is 43.3 Å². The maximum Gasteiger partial charge on any atom is 0.261 e. The summed E-state index contributed by atoms with van der Waals surface area (Å²) in [4.78, 5) is 26.3. The first-order chi connectivity index (χ1) is 17.2. The van der Waals surface area contributed by atoms with Crippen molar-refractivity contribution in [3.8, 4) is 0 Å². The lowest BCUT2D eigenvalue weighted by Crippen LogP contribution is -2.46. The molecule has 0 aromatic heterocycles. The Morgan fingerprint density at radius 1 is 0.658 bits per heavy atom. The van der Waals surface area contributed by atoms with Gasteiger partial charge in [0.25, 0.3) is 11.8 Å². The van der Waals surface area contributed by atoms with Crippen LogP contribution in [0.5, 0.6) is 0 Å². The van der Waals surface area contributed by atoms with Gasteiger partial charge in [-0.1, -0.05) is 43.8 Å². The van der Waals surface area contributed by atoms with E-state index in [9.17, 15) is 43.3 Å². The van der Waals surface area contributed by atoms with Gasteiger partial charge in [0.2, 0.25) is 40.1 Å². The minimum atomic E-state index is -4.55. The molecule has 1 aliphatic rings. The average Bonchev–Trinajstić information content (AvgIpc) is 2.98. The molecule has 0 aliphatic carbocycles. The van der Waals surface area contributed by atoms with Crippen molar-refractivity contribution in [2.75, 3.05) is 31.6 Å². The molecule has 0 N–H and O–H groups in total. The lowest BCUT2D eigenvalue weighted by molar-refractivity contribution is 0.0642. The van der Waals surface area contributed by atoms with E-state index >= 15 is 0 Å². The van der Waals surface area contributed by atoms with Gasteiger partial charge in [0.15, 0.2) is 0 Å². The van der Waals surface area contributed by atoms with Crippen molar-refractivity contribution in [2.45, 2.75) is 12.6 Å². The minimum Gasteiger partial charge on any atom is -0.270 e. The number of carbonyl (C=O) groups is 2. The molecule has 2 aromatic rings. The zero-order chi connectivity index (χ0) is 28.8. The van der Waals surface area contributed by atoms with Gasteiger partial charge in [-0.15, -0.1) is 0 Å². The Morgan fingerprint density at radius 2 is 1.08 bits per heavy atom. The summed E-state index contributed by atoms with van der Waals surface area (Å²) in [5.74, 6) is -1.02. The standard InChI is InChI=1S/C21H25N3O10S4/c1-35(27,28)23(36(2,29)30)14-19(24(37(3,31)32)38(4,33)34)16-11-9-15(10-12-16)13-22-20(25)17-7-5-6-8-18(17)21(22)26/h5-12,19H,13-14H2,1-4H3/t19-/m1/s1. The molecular formula is C21H25N3O10S4. The Morgan fingerprint density at radius 3 is 1.45 bits per heavy atom.